The van der Waals surface area contributed by atoms with Crippen LogP contribution in [0.2, 0.25) is 0 Å². The van der Waals surface area contributed by atoms with Crippen LogP contribution in [0, 0.1) is 5.92 Å². The number of aliphatic hydroxyl groups is 1. The van der Waals surface area contributed by atoms with Gasteiger partial charge >= 0.3 is 12.2 Å². The van der Waals surface area contributed by atoms with Crippen LogP contribution in [0.5, 0.6) is 0 Å². The van der Waals surface area contributed by atoms with Gasteiger partial charge in [-0.05, 0) is 26.3 Å². The highest BCUT2D eigenvalue weighted by Gasteiger charge is 2.38. The van der Waals surface area contributed by atoms with Crippen molar-refractivity contribution in [3.8, 4) is 0 Å². The fourth-order valence-electron chi connectivity index (χ4n) is 2.47. The third kappa shape index (κ3) is 5.94. The van der Waals surface area contributed by atoms with E-state index in [9.17, 15) is 14.7 Å². The standard InChI is InChI=1S/C18H26N2O5/c1-18(2,3)25-17(23)20-9-14(10-20)15(11-21)19-16(22)24-12-13-7-5-4-6-8-13/h4-8,14-15,21H,9-12H2,1-3H3,(H,19,22). The van der Waals surface area contributed by atoms with E-state index in [0.29, 0.717) is 13.1 Å². The van der Waals surface area contributed by atoms with Gasteiger partial charge in [0.1, 0.15) is 12.2 Å². The molecule has 1 aromatic rings. The normalized spacial score (nSPS) is 15.9. The monoisotopic (exact) mass is 350 g/mol. The van der Waals surface area contributed by atoms with Crippen LogP contribution in [0.15, 0.2) is 30.3 Å². The summed E-state index contributed by atoms with van der Waals surface area (Å²) in [5.41, 5.74) is 0.343. The van der Waals surface area contributed by atoms with Crippen molar-refractivity contribution < 1.29 is 24.2 Å². The van der Waals surface area contributed by atoms with E-state index in [1.807, 2.05) is 51.1 Å². The maximum atomic E-state index is 11.9. The molecule has 1 aliphatic heterocycles. The molecule has 0 bridgehead atoms. The van der Waals surface area contributed by atoms with Crippen LogP contribution in [0.4, 0.5) is 9.59 Å². The number of rotatable bonds is 5. The Morgan fingerprint density at radius 2 is 1.92 bits per heavy atom. The molecule has 0 saturated carbocycles. The number of alkyl carbamates (subject to hydrolysis) is 1. The van der Waals surface area contributed by atoms with E-state index < -0.39 is 17.7 Å². The van der Waals surface area contributed by atoms with Gasteiger partial charge < -0.3 is 24.8 Å². The Balaban J connectivity index is 1.74. The highest BCUT2D eigenvalue weighted by atomic mass is 16.6. The quantitative estimate of drug-likeness (QED) is 0.849. The average Bonchev–Trinajstić information content (AvgIpc) is 2.49. The molecule has 7 nitrogen and oxygen atoms in total. The molecule has 1 aliphatic rings. The molecule has 138 valence electrons. The van der Waals surface area contributed by atoms with Crippen molar-refractivity contribution in [2.24, 2.45) is 5.92 Å². The fraction of sp³-hybridized carbons (Fsp3) is 0.556. The number of hydrogen-bond donors (Lipinski definition) is 2. The predicted octanol–water partition coefficient (Wildman–Crippen LogP) is 2.14. The summed E-state index contributed by atoms with van der Waals surface area (Å²) in [4.78, 5) is 25.3. The molecule has 1 aromatic carbocycles. The third-order valence-corrected chi connectivity index (χ3v) is 3.84. The number of likely N-dealkylation sites (tertiary alicyclic amines) is 1. The van der Waals surface area contributed by atoms with Crippen LogP contribution in [0.25, 0.3) is 0 Å². The lowest BCUT2D eigenvalue weighted by molar-refractivity contribution is -0.0108. The van der Waals surface area contributed by atoms with Crippen LogP contribution in [0.3, 0.4) is 0 Å². The summed E-state index contributed by atoms with van der Waals surface area (Å²) in [6.07, 6.45) is -0.967. The molecular weight excluding hydrogens is 324 g/mol. The SMILES string of the molecule is CC(C)(C)OC(=O)N1CC(C(CO)NC(=O)OCc2ccccc2)C1. The zero-order valence-corrected chi connectivity index (χ0v) is 14.9. The van der Waals surface area contributed by atoms with Gasteiger partial charge in [0.25, 0.3) is 0 Å². The van der Waals surface area contributed by atoms with Crippen LogP contribution in [-0.4, -0.2) is 53.5 Å². The Hall–Kier alpha value is -2.28. The van der Waals surface area contributed by atoms with E-state index in [4.69, 9.17) is 9.47 Å². The van der Waals surface area contributed by atoms with Crippen LogP contribution in [0.1, 0.15) is 26.3 Å². The van der Waals surface area contributed by atoms with Crippen molar-refractivity contribution in [3.05, 3.63) is 35.9 Å². The Labute approximate surface area is 147 Å². The summed E-state index contributed by atoms with van der Waals surface area (Å²) in [5.74, 6) is -0.0261. The van der Waals surface area contributed by atoms with Crippen molar-refractivity contribution in [2.45, 2.75) is 39.0 Å². The van der Waals surface area contributed by atoms with Crippen molar-refractivity contribution in [3.63, 3.8) is 0 Å². The minimum Gasteiger partial charge on any atom is -0.445 e. The van der Waals surface area contributed by atoms with Gasteiger partial charge in [-0.25, -0.2) is 9.59 Å². The minimum absolute atomic E-state index is 0.0261. The second-order valence-corrected chi connectivity index (χ2v) is 7.14. The first-order valence-corrected chi connectivity index (χ1v) is 8.34. The lowest BCUT2D eigenvalue weighted by atomic mass is 9.92. The van der Waals surface area contributed by atoms with Crippen molar-refractivity contribution in [1.29, 1.82) is 0 Å². The Morgan fingerprint density at radius 1 is 1.28 bits per heavy atom. The lowest BCUT2D eigenvalue weighted by Gasteiger charge is -2.42. The maximum Gasteiger partial charge on any atom is 0.410 e. The van der Waals surface area contributed by atoms with Gasteiger partial charge in [0.05, 0.1) is 12.6 Å². The second-order valence-electron chi connectivity index (χ2n) is 7.14. The molecule has 2 N–H and O–H groups in total. The molecule has 0 spiro atoms. The van der Waals surface area contributed by atoms with Gasteiger partial charge in [0.2, 0.25) is 0 Å². The molecule has 25 heavy (non-hydrogen) atoms. The van der Waals surface area contributed by atoms with Crippen LogP contribution in [-0.2, 0) is 16.1 Å². The van der Waals surface area contributed by atoms with E-state index in [-0.39, 0.29) is 25.2 Å². The molecule has 1 saturated heterocycles. The van der Waals surface area contributed by atoms with Gasteiger partial charge in [-0.3, -0.25) is 0 Å². The summed E-state index contributed by atoms with van der Waals surface area (Å²) in [5, 5.41) is 12.2. The number of amides is 2. The van der Waals surface area contributed by atoms with E-state index >= 15 is 0 Å². The van der Waals surface area contributed by atoms with Crippen LogP contribution >= 0.6 is 0 Å². The average molecular weight is 350 g/mol. The van der Waals surface area contributed by atoms with Gasteiger partial charge in [0, 0.05) is 19.0 Å². The zero-order chi connectivity index (χ0) is 18.4. The number of nitrogens with one attached hydrogen (secondary N) is 1. The van der Waals surface area contributed by atoms with E-state index in [1.54, 1.807) is 4.90 Å². The van der Waals surface area contributed by atoms with Gasteiger partial charge in [-0.2, -0.15) is 0 Å². The smallest absolute Gasteiger partial charge is 0.410 e. The summed E-state index contributed by atoms with van der Waals surface area (Å²) >= 11 is 0. The number of aliphatic hydroxyl groups excluding tert-OH is 1. The number of nitrogens with zero attached hydrogens (tertiary/aromatic N) is 1. The molecule has 2 amide bonds. The summed E-state index contributed by atoms with van der Waals surface area (Å²) in [6.45, 7) is 6.24. The number of benzene rings is 1. The van der Waals surface area contributed by atoms with Crippen LogP contribution < -0.4 is 5.32 Å². The number of carbonyl (C=O) groups excluding carboxylic acids is 2. The fourth-order valence-corrected chi connectivity index (χ4v) is 2.47. The molecule has 1 atom stereocenters. The zero-order valence-electron chi connectivity index (χ0n) is 14.9. The van der Waals surface area contributed by atoms with Crippen molar-refractivity contribution in [1.82, 2.24) is 10.2 Å². The van der Waals surface area contributed by atoms with Crippen molar-refractivity contribution in [2.75, 3.05) is 19.7 Å². The minimum atomic E-state index is -0.585. The summed E-state index contributed by atoms with van der Waals surface area (Å²) < 4.78 is 10.4. The predicted molar refractivity (Wildman–Crippen MR) is 91.9 cm³/mol. The first kappa shape index (κ1) is 19.1. The van der Waals surface area contributed by atoms with Crippen molar-refractivity contribution >= 4 is 12.2 Å². The molecule has 2 rings (SSSR count). The highest BCUT2D eigenvalue weighted by Crippen LogP contribution is 2.22. The number of carbonyl (C=O) groups is 2. The molecule has 1 fully saturated rings. The lowest BCUT2D eigenvalue weighted by Crippen LogP contribution is -2.60. The van der Waals surface area contributed by atoms with Gasteiger partial charge in [-0.1, -0.05) is 30.3 Å². The number of hydrogen-bond acceptors (Lipinski definition) is 5. The summed E-state index contributed by atoms with van der Waals surface area (Å²) in [6, 6.07) is 8.89. The first-order chi connectivity index (χ1) is 11.8. The maximum absolute atomic E-state index is 11.9. The third-order valence-electron chi connectivity index (χ3n) is 3.84. The number of ether oxygens (including phenoxy) is 2. The van der Waals surface area contributed by atoms with Gasteiger partial charge in [0.15, 0.2) is 0 Å². The van der Waals surface area contributed by atoms with E-state index in [1.165, 1.54) is 0 Å². The Kier molecular flexibility index (Phi) is 6.25. The second kappa shape index (κ2) is 8.20. The largest absolute Gasteiger partial charge is 0.445 e. The molecule has 0 aliphatic carbocycles. The molecule has 7 heteroatoms. The molecule has 0 aromatic heterocycles. The molecule has 1 heterocycles. The molecular formula is C18H26N2O5. The molecule has 0 radical (unpaired) electrons. The Bertz CT molecular complexity index is 579. The highest BCUT2D eigenvalue weighted by molar-refractivity contribution is 5.70. The Morgan fingerprint density at radius 3 is 2.48 bits per heavy atom. The van der Waals surface area contributed by atoms with Gasteiger partial charge in [-0.15, -0.1) is 0 Å². The first-order valence-electron chi connectivity index (χ1n) is 8.34. The van der Waals surface area contributed by atoms with E-state index in [0.717, 1.165) is 5.56 Å². The summed E-state index contributed by atoms with van der Waals surface area (Å²) in [7, 11) is 0. The topological polar surface area (TPSA) is 88.1 Å². The molecule has 1 unspecified atom stereocenters. The van der Waals surface area contributed by atoms with E-state index in [2.05, 4.69) is 5.32 Å².